The lowest BCUT2D eigenvalue weighted by Crippen LogP contribution is -2.40. The number of carbonyl (C=O) groups excluding carboxylic acids is 1. The Morgan fingerprint density at radius 2 is 1.88 bits per heavy atom. The number of amides is 1. The third kappa shape index (κ3) is 5.21. The minimum Gasteiger partial charge on any atom is -0.497 e. The zero-order chi connectivity index (χ0) is 19.0. The Labute approximate surface area is 155 Å². The van der Waals surface area contributed by atoms with E-state index in [0.29, 0.717) is 19.4 Å². The van der Waals surface area contributed by atoms with Gasteiger partial charge in [0.1, 0.15) is 11.2 Å². The predicted octanol–water partition coefficient (Wildman–Crippen LogP) is 2.75. The maximum Gasteiger partial charge on any atom is 0.313 e. The molecule has 0 spiro atoms. The fourth-order valence-electron chi connectivity index (χ4n) is 3.45. The van der Waals surface area contributed by atoms with Crippen LogP contribution in [0.4, 0.5) is 0 Å². The first-order valence-electron chi connectivity index (χ1n) is 9.14. The van der Waals surface area contributed by atoms with E-state index >= 15 is 0 Å². The normalized spacial score (nSPS) is 19.5. The van der Waals surface area contributed by atoms with Crippen LogP contribution in [-0.4, -0.2) is 55.8 Å². The minimum absolute atomic E-state index is 0.0497. The zero-order valence-electron chi connectivity index (χ0n) is 15.7. The molecule has 1 aliphatic heterocycles. The first kappa shape index (κ1) is 20.2. The highest BCUT2D eigenvalue weighted by molar-refractivity contribution is 5.80. The smallest absolute Gasteiger partial charge is 0.313 e. The molecule has 26 heavy (non-hydrogen) atoms. The Morgan fingerprint density at radius 3 is 2.50 bits per heavy atom. The SMILES string of the molecule is COCC1(C(=O)O)CCN(C(=O)CCCCCc2ccc(OC)cc2)C1. The fourth-order valence-corrected chi connectivity index (χ4v) is 3.45. The summed E-state index contributed by atoms with van der Waals surface area (Å²) in [6, 6.07) is 8.05. The molecule has 2 rings (SSSR count). The maximum atomic E-state index is 12.3. The van der Waals surface area contributed by atoms with Gasteiger partial charge in [0.25, 0.3) is 0 Å². The Hall–Kier alpha value is -2.08. The molecule has 0 aromatic heterocycles. The van der Waals surface area contributed by atoms with E-state index in [-0.39, 0.29) is 19.1 Å². The third-order valence-electron chi connectivity index (χ3n) is 5.10. The van der Waals surface area contributed by atoms with E-state index in [1.165, 1.54) is 12.7 Å². The number of nitrogens with zero attached hydrogens (tertiary/aromatic N) is 1. The Kier molecular flexibility index (Phi) is 7.45. The average Bonchev–Trinajstić information content (AvgIpc) is 3.08. The summed E-state index contributed by atoms with van der Waals surface area (Å²) in [5.74, 6) is 0.0266. The molecule has 1 aromatic carbocycles. The molecule has 6 nitrogen and oxygen atoms in total. The van der Waals surface area contributed by atoms with Gasteiger partial charge in [0.2, 0.25) is 5.91 Å². The number of aliphatic carboxylic acids is 1. The van der Waals surface area contributed by atoms with Gasteiger partial charge >= 0.3 is 5.97 Å². The molecule has 1 aliphatic rings. The lowest BCUT2D eigenvalue weighted by atomic mass is 9.88. The van der Waals surface area contributed by atoms with E-state index in [4.69, 9.17) is 9.47 Å². The van der Waals surface area contributed by atoms with Crippen molar-refractivity contribution in [2.24, 2.45) is 5.41 Å². The number of hydrogen-bond acceptors (Lipinski definition) is 4. The van der Waals surface area contributed by atoms with Gasteiger partial charge in [0.05, 0.1) is 13.7 Å². The average molecular weight is 363 g/mol. The molecule has 144 valence electrons. The standard InChI is InChI=1S/C20H29NO5/c1-25-15-20(19(23)24)12-13-21(14-20)18(22)7-5-3-4-6-16-8-10-17(26-2)11-9-16/h8-11H,3-7,12-15H2,1-2H3,(H,23,24). The molecule has 0 saturated carbocycles. The molecule has 1 heterocycles. The molecule has 0 aliphatic carbocycles. The largest absolute Gasteiger partial charge is 0.497 e. The van der Waals surface area contributed by atoms with Gasteiger partial charge in [-0.1, -0.05) is 18.6 Å². The van der Waals surface area contributed by atoms with Crippen molar-refractivity contribution in [1.29, 1.82) is 0 Å². The van der Waals surface area contributed by atoms with Crippen molar-refractivity contribution in [3.63, 3.8) is 0 Å². The summed E-state index contributed by atoms with van der Waals surface area (Å²) < 4.78 is 10.2. The van der Waals surface area contributed by atoms with Crippen molar-refractivity contribution in [3.8, 4) is 5.75 Å². The van der Waals surface area contributed by atoms with E-state index in [1.807, 2.05) is 12.1 Å². The summed E-state index contributed by atoms with van der Waals surface area (Å²) in [5, 5.41) is 9.46. The van der Waals surface area contributed by atoms with Crippen molar-refractivity contribution < 1.29 is 24.2 Å². The first-order valence-corrected chi connectivity index (χ1v) is 9.14. The van der Waals surface area contributed by atoms with Crippen molar-refractivity contribution in [1.82, 2.24) is 4.90 Å². The second-order valence-corrected chi connectivity index (χ2v) is 6.99. The van der Waals surface area contributed by atoms with Crippen molar-refractivity contribution in [3.05, 3.63) is 29.8 Å². The molecule has 1 saturated heterocycles. The van der Waals surface area contributed by atoms with Crippen LogP contribution in [0.15, 0.2) is 24.3 Å². The van der Waals surface area contributed by atoms with Gasteiger partial charge in [-0.15, -0.1) is 0 Å². The maximum absolute atomic E-state index is 12.3. The number of methoxy groups -OCH3 is 2. The number of carboxylic acids is 1. The van der Waals surface area contributed by atoms with Crippen LogP contribution in [-0.2, 0) is 20.7 Å². The third-order valence-corrected chi connectivity index (χ3v) is 5.10. The van der Waals surface area contributed by atoms with Crippen LogP contribution in [0.5, 0.6) is 5.75 Å². The van der Waals surface area contributed by atoms with Crippen LogP contribution in [0.3, 0.4) is 0 Å². The zero-order valence-corrected chi connectivity index (χ0v) is 15.7. The van der Waals surface area contributed by atoms with Crippen LogP contribution in [0.1, 0.15) is 37.7 Å². The Bertz CT molecular complexity index is 601. The van der Waals surface area contributed by atoms with Crippen molar-refractivity contribution in [2.45, 2.75) is 38.5 Å². The summed E-state index contributed by atoms with van der Waals surface area (Å²) in [6.45, 7) is 0.898. The predicted molar refractivity (Wildman–Crippen MR) is 98.3 cm³/mol. The summed E-state index contributed by atoms with van der Waals surface area (Å²) in [5.41, 5.74) is 0.321. The molecule has 1 atom stereocenters. The van der Waals surface area contributed by atoms with Crippen molar-refractivity contribution >= 4 is 11.9 Å². The van der Waals surface area contributed by atoms with E-state index in [1.54, 1.807) is 12.0 Å². The van der Waals surface area contributed by atoms with Gasteiger partial charge in [-0.2, -0.15) is 0 Å². The molecule has 1 N–H and O–H groups in total. The number of likely N-dealkylation sites (tertiary alicyclic amines) is 1. The van der Waals surface area contributed by atoms with Crippen LogP contribution in [0, 0.1) is 5.41 Å². The molecular formula is C20H29NO5. The van der Waals surface area contributed by atoms with Crippen LogP contribution in [0.25, 0.3) is 0 Å². The number of hydrogen-bond donors (Lipinski definition) is 1. The van der Waals surface area contributed by atoms with Gasteiger partial charge in [0.15, 0.2) is 0 Å². The Balaban J connectivity index is 1.68. The second-order valence-electron chi connectivity index (χ2n) is 6.99. The molecule has 6 heteroatoms. The number of ether oxygens (including phenoxy) is 2. The van der Waals surface area contributed by atoms with Crippen LogP contribution >= 0.6 is 0 Å². The van der Waals surface area contributed by atoms with Gasteiger partial charge < -0.3 is 19.5 Å². The topological polar surface area (TPSA) is 76.1 Å². The van der Waals surface area contributed by atoms with E-state index in [2.05, 4.69) is 12.1 Å². The second kappa shape index (κ2) is 9.57. The summed E-state index contributed by atoms with van der Waals surface area (Å²) in [4.78, 5) is 25.5. The highest BCUT2D eigenvalue weighted by Crippen LogP contribution is 2.31. The van der Waals surface area contributed by atoms with Gasteiger partial charge in [-0.25, -0.2) is 0 Å². The van der Waals surface area contributed by atoms with E-state index in [0.717, 1.165) is 31.4 Å². The van der Waals surface area contributed by atoms with Gasteiger partial charge in [-0.05, 0) is 43.4 Å². The van der Waals surface area contributed by atoms with Crippen molar-refractivity contribution in [2.75, 3.05) is 33.9 Å². The molecule has 1 aromatic rings. The number of rotatable bonds is 10. The summed E-state index contributed by atoms with van der Waals surface area (Å²) in [7, 11) is 3.15. The Morgan fingerprint density at radius 1 is 1.15 bits per heavy atom. The number of unbranched alkanes of at least 4 members (excludes halogenated alkanes) is 2. The number of carbonyl (C=O) groups is 2. The molecule has 1 amide bonds. The number of aryl methyl sites for hydroxylation is 1. The van der Waals surface area contributed by atoms with Gasteiger partial charge in [-0.3, -0.25) is 9.59 Å². The van der Waals surface area contributed by atoms with Crippen LogP contribution < -0.4 is 4.74 Å². The molecule has 1 unspecified atom stereocenters. The minimum atomic E-state index is -0.946. The first-order chi connectivity index (χ1) is 12.5. The monoisotopic (exact) mass is 363 g/mol. The lowest BCUT2D eigenvalue weighted by Gasteiger charge is -2.23. The molecule has 0 radical (unpaired) electrons. The highest BCUT2D eigenvalue weighted by Gasteiger charge is 2.46. The number of carboxylic acid groups (broad SMARTS) is 1. The molecule has 1 fully saturated rings. The fraction of sp³-hybridized carbons (Fsp3) is 0.600. The lowest BCUT2D eigenvalue weighted by molar-refractivity contribution is -0.151. The van der Waals surface area contributed by atoms with E-state index in [9.17, 15) is 14.7 Å². The van der Waals surface area contributed by atoms with E-state index < -0.39 is 11.4 Å². The molecular weight excluding hydrogens is 334 g/mol. The highest BCUT2D eigenvalue weighted by atomic mass is 16.5. The number of benzene rings is 1. The van der Waals surface area contributed by atoms with Crippen LogP contribution in [0.2, 0.25) is 0 Å². The quantitative estimate of drug-likeness (QED) is 0.647. The molecule has 0 bridgehead atoms. The summed E-state index contributed by atoms with van der Waals surface area (Å²) >= 11 is 0. The van der Waals surface area contributed by atoms with Gasteiger partial charge in [0, 0.05) is 26.6 Å². The summed E-state index contributed by atoms with van der Waals surface area (Å²) in [6.07, 6.45) is 4.76.